The largest absolute Gasteiger partial charge is 0.462 e. The summed E-state index contributed by atoms with van der Waals surface area (Å²) in [6, 6.07) is 5.95. The average molecular weight is 190 g/mol. The Kier molecular flexibility index (Phi) is 1.19. The lowest BCUT2D eigenvalue weighted by molar-refractivity contribution is 0.618. The Labute approximate surface area is 77.8 Å². The molecule has 0 saturated heterocycles. The van der Waals surface area contributed by atoms with E-state index in [0.717, 1.165) is 21.2 Å². The summed E-state index contributed by atoms with van der Waals surface area (Å²) in [5.41, 5.74) is 7.31. The molecule has 0 aliphatic heterocycles. The van der Waals surface area contributed by atoms with E-state index < -0.39 is 0 Å². The van der Waals surface area contributed by atoms with Gasteiger partial charge in [-0.2, -0.15) is 0 Å². The lowest BCUT2D eigenvalue weighted by atomic mass is 10.2. The van der Waals surface area contributed by atoms with Crippen LogP contribution in [0.3, 0.4) is 0 Å². The summed E-state index contributed by atoms with van der Waals surface area (Å²) in [5, 5.41) is 1.65. The van der Waals surface area contributed by atoms with Gasteiger partial charge in [0.05, 0.1) is 11.0 Å². The maximum absolute atomic E-state index is 5.62. The van der Waals surface area contributed by atoms with Crippen molar-refractivity contribution in [3.05, 3.63) is 24.5 Å². The first-order chi connectivity index (χ1) is 6.34. The zero-order valence-electron chi connectivity index (χ0n) is 6.65. The Morgan fingerprint density at radius 3 is 3.15 bits per heavy atom. The van der Waals surface area contributed by atoms with Crippen LogP contribution in [0.25, 0.3) is 21.2 Å². The summed E-state index contributed by atoms with van der Waals surface area (Å²) in [5.74, 6) is 0. The quantitative estimate of drug-likeness (QED) is 0.592. The van der Waals surface area contributed by atoms with Crippen molar-refractivity contribution in [2.24, 2.45) is 0 Å². The number of nitrogen functional groups attached to an aromatic ring is 1. The summed E-state index contributed by atoms with van der Waals surface area (Å²) in [7, 11) is 0. The van der Waals surface area contributed by atoms with Crippen LogP contribution >= 0.6 is 11.3 Å². The number of nitrogens with zero attached hydrogens (tertiary/aromatic N) is 1. The Bertz CT molecular complexity index is 581. The van der Waals surface area contributed by atoms with Crippen LogP contribution in [0.2, 0.25) is 0 Å². The molecule has 64 valence electrons. The van der Waals surface area contributed by atoms with Gasteiger partial charge in [-0.15, -0.1) is 0 Å². The minimum atomic E-state index is 0.582. The molecule has 0 radical (unpaired) electrons. The number of fused-ring (bicyclic) bond motifs is 3. The molecule has 0 amide bonds. The SMILES string of the molecule is Nc1nc2c(ccc3ccoc32)s1. The lowest BCUT2D eigenvalue weighted by Crippen LogP contribution is -1.79. The van der Waals surface area contributed by atoms with E-state index in [4.69, 9.17) is 10.2 Å². The molecule has 13 heavy (non-hydrogen) atoms. The molecule has 4 heteroatoms. The molecule has 2 heterocycles. The molecule has 0 fully saturated rings. The van der Waals surface area contributed by atoms with Crippen LogP contribution < -0.4 is 5.73 Å². The van der Waals surface area contributed by atoms with Crippen molar-refractivity contribution >= 4 is 37.7 Å². The van der Waals surface area contributed by atoms with Gasteiger partial charge in [-0.3, -0.25) is 0 Å². The van der Waals surface area contributed by atoms with E-state index in [0.29, 0.717) is 5.13 Å². The third kappa shape index (κ3) is 0.860. The summed E-state index contributed by atoms with van der Waals surface area (Å²) in [6.07, 6.45) is 1.67. The van der Waals surface area contributed by atoms with E-state index in [1.807, 2.05) is 18.2 Å². The van der Waals surface area contributed by atoms with Crippen LogP contribution in [0.5, 0.6) is 0 Å². The number of aromatic nitrogens is 1. The monoisotopic (exact) mass is 190 g/mol. The Morgan fingerprint density at radius 1 is 1.31 bits per heavy atom. The number of thiazole rings is 1. The fourth-order valence-corrected chi connectivity index (χ4v) is 2.17. The van der Waals surface area contributed by atoms with Crippen LogP contribution in [0.4, 0.5) is 5.13 Å². The van der Waals surface area contributed by atoms with E-state index in [9.17, 15) is 0 Å². The van der Waals surface area contributed by atoms with Crippen molar-refractivity contribution in [3.63, 3.8) is 0 Å². The van der Waals surface area contributed by atoms with Gasteiger partial charge in [0.25, 0.3) is 0 Å². The van der Waals surface area contributed by atoms with Gasteiger partial charge in [0.1, 0.15) is 5.52 Å². The van der Waals surface area contributed by atoms with Crippen molar-refractivity contribution in [3.8, 4) is 0 Å². The van der Waals surface area contributed by atoms with E-state index in [1.165, 1.54) is 11.3 Å². The van der Waals surface area contributed by atoms with Gasteiger partial charge in [-0.1, -0.05) is 11.3 Å². The summed E-state index contributed by atoms with van der Waals surface area (Å²) >= 11 is 1.48. The van der Waals surface area contributed by atoms with Gasteiger partial charge in [0.15, 0.2) is 10.7 Å². The first-order valence-electron chi connectivity index (χ1n) is 3.87. The highest BCUT2D eigenvalue weighted by Gasteiger charge is 2.07. The Balaban J connectivity index is 2.64. The number of rotatable bonds is 0. The van der Waals surface area contributed by atoms with Crippen LogP contribution in [0, 0.1) is 0 Å². The summed E-state index contributed by atoms with van der Waals surface area (Å²) in [4.78, 5) is 4.22. The van der Waals surface area contributed by atoms with E-state index >= 15 is 0 Å². The topological polar surface area (TPSA) is 52.0 Å². The maximum atomic E-state index is 5.62. The molecule has 0 aliphatic rings. The smallest absolute Gasteiger partial charge is 0.181 e. The van der Waals surface area contributed by atoms with Gasteiger partial charge >= 0.3 is 0 Å². The molecule has 0 saturated carbocycles. The Morgan fingerprint density at radius 2 is 2.23 bits per heavy atom. The highest BCUT2D eigenvalue weighted by molar-refractivity contribution is 7.22. The van der Waals surface area contributed by atoms with Crippen molar-refractivity contribution in [1.82, 2.24) is 4.98 Å². The summed E-state index contributed by atoms with van der Waals surface area (Å²) < 4.78 is 6.40. The second-order valence-electron chi connectivity index (χ2n) is 2.80. The van der Waals surface area contributed by atoms with Crippen LogP contribution in [-0.2, 0) is 0 Å². The van der Waals surface area contributed by atoms with E-state index in [2.05, 4.69) is 4.98 Å². The molecule has 0 unspecified atom stereocenters. The summed E-state index contributed by atoms with van der Waals surface area (Å²) in [6.45, 7) is 0. The molecule has 0 spiro atoms. The minimum Gasteiger partial charge on any atom is -0.462 e. The number of furan rings is 1. The molecular formula is C9H6N2OS. The van der Waals surface area contributed by atoms with E-state index in [1.54, 1.807) is 6.26 Å². The number of hydrogen-bond donors (Lipinski definition) is 1. The molecule has 3 aromatic rings. The molecule has 0 atom stereocenters. The zero-order chi connectivity index (χ0) is 8.84. The molecule has 3 rings (SSSR count). The molecule has 0 aliphatic carbocycles. The van der Waals surface area contributed by atoms with Crippen LogP contribution in [-0.4, -0.2) is 4.98 Å². The molecular weight excluding hydrogens is 184 g/mol. The average Bonchev–Trinajstić information content (AvgIpc) is 2.65. The van der Waals surface area contributed by atoms with Crippen molar-refractivity contribution in [1.29, 1.82) is 0 Å². The van der Waals surface area contributed by atoms with E-state index in [-0.39, 0.29) is 0 Å². The second kappa shape index (κ2) is 2.23. The second-order valence-corrected chi connectivity index (χ2v) is 3.87. The highest BCUT2D eigenvalue weighted by Crippen LogP contribution is 2.30. The zero-order valence-corrected chi connectivity index (χ0v) is 7.47. The van der Waals surface area contributed by atoms with Crippen molar-refractivity contribution in [2.75, 3.05) is 5.73 Å². The van der Waals surface area contributed by atoms with Gasteiger partial charge in [0, 0.05) is 5.39 Å². The third-order valence-electron chi connectivity index (χ3n) is 1.99. The fraction of sp³-hybridized carbons (Fsp3) is 0. The standard InChI is InChI=1S/C9H6N2OS/c10-9-11-7-6(13-9)2-1-5-3-4-12-8(5)7/h1-4H,(H2,10,11). The molecule has 0 bridgehead atoms. The molecule has 1 aromatic carbocycles. The van der Waals surface area contributed by atoms with Gasteiger partial charge in [0.2, 0.25) is 0 Å². The van der Waals surface area contributed by atoms with Gasteiger partial charge < -0.3 is 10.2 Å². The van der Waals surface area contributed by atoms with Gasteiger partial charge in [-0.25, -0.2) is 4.98 Å². The number of nitrogens with two attached hydrogens (primary N) is 1. The molecule has 2 N–H and O–H groups in total. The fourth-order valence-electron chi connectivity index (χ4n) is 1.43. The molecule has 3 nitrogen and oxygen atoms in total. The number of hydrogen-bond acceptors (Lipinski definition) is 4. The van der Waals surface area contributed by atoms with Crippen LogP contribution in [0.15, 0.2) is 28.9 Å². The van der Waals surface area contributed by atoms with Crippen molar-refractivity contribution < 1.29 is 4.42 Å². The Hall–Kier alpha value is -1.55. The lowest BCUT2D eigenvalue weighted by Gasteiger charge is -1.87. The number of benzene rings is 1. The third-order valence-corrected chi connectivity index (χ3v) is 2.84. The first-order valence-corrected chi connectivity index (χ1v) is 4.68. The normalized spacial score (nSPS) is 11.4. The minimum absolute atomic E-state index is 0.582. The molecule has 2 aromatic heterocycles. The number of anilines is 1. The van der Waals surface area contributed by atoms with Crippen molar-refractivity contribution in [2.45, 2.75) is 0 Å². The predicted molar refractivity (Wildman–Crippen MR) is 53.8 cm³/mol. The highest BCUT2D eigenvalue weighted by atomic mass is 32.1. The first kappa shape index (κ1) is 6.91. The van der Waals surface area contributed by atoms with Gasteiger partial charge in [-0.05, 0) is 18.2 Å². The van der Waals surface area contributed by atoms with Crippen LogP contribution in [0.1, 0.15) is 0 Å². The maximum Gasteiger partial charge on any atom is 0.181 e. The predicted octanol–water partition coefficient (Wildman–Crippen LogP) is 2.62.